The molecular formula is C23H34O5. The van der Waals surface area contributed by atoms with Gasteiger partial charge in [0.2, 0.25) is 0 Å². The summed E-state index contributed by atoms with van der Waals surface area (Å²) in [6.45, 7) is 3.50. The molecule has 28 heavy (non-hydrogen) atoms. The Labute approximate surface area is 169 Å². The molecule has 5 nitrogen and oxygen atoms in total. The summed E-state index contributed by atoms with van der Waals surface area (Å²) in [5.41, 5.74) is 0.988. The number of hydrogen-bond donors (Lipinski definition) is 2. The van der Waals surface area contributed by atoms with Gasteiger partial charge in [0, 0.05) is 19.3 Å². The molecule has 2 N–H and O–H groups in total. The highest BCUT2D eigenvalue weighted by Crippen LogP contribution is 2.30. The molecular weight excluding hydrogens is 356 g/mol. The normalized spacial score (nSPS) is 17.7. The second kappa shape index (κ2) is 12.9. The highest BCUT2D eigenvalue weighted by atomic mass is 16.7. The zero-order valence-electron chi connectivity index (χ0n) is 16.9. The first-order valence-corrected chi connectivity index (χ1v) is 10.4. The second-order valence-corrected chi connectivity index (χ2v) is 7.20. The van der Waals surface area contributed by atoms with Gasteiger partial charge in [-0.2, -0.15) is 0 Å². The van der Waals surface area contributed by atoms with Crippen molar-refractivity contribution in [3.05, 3.63) is 35.9 Å². The molecule has 1 saturated heterocycles. The summed E-state index contributed by atoms with van der Waals surface area (Å²) in [6.07, 6.45) is 5.10. The molecule has 2 atom stereocenters. The van der Waals surface area contributed by atoms with E-state index in [1.807, 2.05) is 30.3 Å². The molecule has 0 unspecified atom stereocenters. The fourth-order valence-corrected chi connectivity index (χ4v) is 3.28. The van der Waals surface area contributed by atoms with E-state index in [4.69, 9.17) is 14.2 Å². The maximum atomic E-state index is 10.2. The van der Waals surface area contributed by atoms with Crippen LogP contribution in [0, 0.1) is 11.8 Å². The summed E-state index contributed by atoms with van der Waals surface area (Å²) in [4.78, 5) is 0. The van der Waals surface area contributed by atoms with Crippen molar-refractivity contribution in [1.82, 2.24) is 0 Å². The standard InChI is InChI=1S/C23H34O5/c1-2-3-4-9-14-23(27-16-17-28-23)15-10-8-13-21(25)22(18-24)26-19-20-11-6-5-7-12-20/h5-7,11-12,21-22,24-25H,2-4,9-10,14-19H2,1H3/t21-,22-/m0/s1. The van der Waals surface area contributed by atoms with Crippen molar-refractivity contribution in [2.75, 3.05) is 19.8 Å². The Bertz CT molecular complexity index is 586. The zero-order chi connectivity index (χ0) is 20.1. The number of unbranched alkanes of at least 4 members (excludes halogenated alkanes) is 3. The number of aliphatic hydroxyl groups is 2. The van der Waals surface area contributed by atoms with Crippen LogP contribution in [0.2, 0.25) is 0 Å². The molecule has 1 fully saturated rings. The van der Waals surface area contributed by atoms with Crippen molar-refractivity contribution in [2.45, 2.75) is 76.5 Å². The molecule has 1 heterocycles. The van der Waals surface area contributed by atoms with Gasteiger partial charge in [0.1, 0.15) is 12.2 Å². The average molecular weight is 391 g/mol. The third kappa shape index (κ3) is 7.90. The lowest BCUT2D eigenvalue weighted by Crippen LogP contribution is -2.31. The van der Waals surface area contributed by atoms with Crippen molar-refractivity contribution in [3.63, 3.8) is 0 Å². The first kappa shape index (κ1) is 22.9. The van der Waals surface area contributed by atoms with Gasteiger partial charge in [-0.15, -0.1) is 5.92 Å². The van der Waals surface area contributed by atoms with Gasteiger partial charge in [-0.1, -0.05) is 62.4 Å². The Hall–Kier alpha value is -1.42. The van der Waals surface area contributed by atoms with Gasteiger partial charge in [-0.25, -0.2) is 0 Å². The topological polar surface area (TPSA) is 68.2 Å². The van der Waals surface area contributed by atoms with Crippen molar-refractivity contribution >= 4 is 0 Å². The maximum Gasteiger partial charge on any atom is 0.169 e. The third-order valence-corrected chi connectivity index (χ3v) is 4.94. The molecule has 5 heteroatoms. The first-order valence-electron chi connectivity index (χ1n) is 10.4. The molecule has 2 rings (SSSR count). The Morgan fingerprint density at radius 3 is 2.54 bits per heavy atom. The third-order valence-electron chi connectivity index (χ3n) is 4.94. The largest absolute Gasteiger partial charge is 0.394 e. The van der Waals surface area contributed by atoms with Gasteiger partial charge in [0.15, 0.2) is 5.79 Å². The number of benzene rings is 1. The van der Waals surface area contributed by atoms with Gasteiger partial charge in [0.25, 0.3) is 0 Å². The van der Waals surface area contributed by atoms with Crippen LogP contribution < -0.4 is 0 Å². The van der Waals surface area contributed by atoms with E-state index in [0.717, 1.165) is 18.4 Å². The number of aliphatic hydroxyl groups excluding tert-OH is 2. The van der Waals surface area contributed by atoms with Crippen molar-refractivity contribution in [1.29, 1.82) is 0 Å². The zero-order valence-corrected chi connectivity index (χ0v) is 16.9. The SMILES string of the molecule is CCCCCCC1(CCC#C[C@H](O)[C@H](CO)OCc2ccccc2)OCCO1. The lowest BCUT2D eigenvalue weighted by atomic mass is 10.0. The number of hydrogen-bond acceptors (Lipinski definition) is 5. The summed E-state index contributed by atoms with van der Waals surface area (Å²) < 4.78 is 17.3. The minimum atomic E-state index is -1.03. The van der Waals surface area contributed by atoms with E-state index in [2.05, 4.69) is 18.8 Å². The molecule has 0 radical (unpaired) electrons. The fraction of sp³-hybridized carbons (Fsp3) is 0.652. The Morgan fingerprint density at radius 2 is 1.86 bits per heavy atom. The Morgan fingerprint density at radius 1 is 1.11 bits per heavy atom. The fourth-order valence-electron chi connectivity index (χ4n) is 3.28. The highest BCUT2D eigenvalue weighted by Gasteiger charge is 2.35. The van der Waals surface area contributed by atoms with Crippen LogP contribution in [0.25, 0.3) is 0 Å². The quantitative estimate of drug-likeness (QED) is 0.423. The van der Waals surface area contributed by atoms with Gasteiger partial charge < -0.3 is 24.4 Å². The maximum absolute atomic E-state index is 10.2. The van der Waals surface area contributed by atoms with E-state index >= 15 is 0 Å². The minimum Gasteiger partial charge on any atom is -0.394 e. The molecule has 0 spiro atoms. The molecule has 0 aliphatic carbocycles. The van der Waals surface area contributed by atoms with Gasteiger partial charge in [-0.05, 0) is 12.0 Å². The van der Waals surface area contributed by atoms with Gasteiger partial charge in [-0.3, -0.25) is 0 Å². The van der Waals surface area contributed by atoms with Crippen molar-refractivity contribution in [2.24, 2.45) is 0 Å². The Balaban J connectivity index is 1.77. The Kier molecular flexibility index (Phi) is 10.6. The van der Waals surface area contributed by atoms with Crippen LogP contribution in [-0.2, 0) is 20.8 Å². The van der Waals surface area contributed by atoms with E-state index in [1.165, 1.54) is 19.3 Å². The van der Waals surface area contributed by atoms with Crippen LogP contribution in [0.4, 0.5) is 0 Å². The van der Waals surface area contributed by atoms with E-state index in [-0.39, 0.29) is 6.61 Å². The number of rotatable bonds is 12. The van der Waals surface area contributed by atoms with Crippen molar-refractivity contribution < 1.29 is 24.4 Å². The summed E-state index contributed by atoms with van der Waals surface area (Å²) >= 11 is 0. The summed E-state index contributed by atoms with van der Waals surface area (Å²) in [5, 5.41) is 19.7. The number of ether oxygens (including phenoxy) is 3. The molecule has 0 amide bonds. The molecule has 1 aromatic rings. The van der Waals surface area contributed by atoms with Crippen LogP contribution in [-0.4, -0.2) is 48.0 Å². The smallest absolute Gasteiger partial charge is 0.169 e. The van der Waals surface area contributed by atoms with E-state index in [9.17, 15) is 10.2 Å². The molecule has 1 aliphatic heterocycles. The van der Waals surface area contributed by atoms with Crippen LogP contribution in [0.5, 0.6) is 0 Å². The van der Waals surface area contributed by atoms with Gasteiger partial charge >= 0.3 is 0 Å². The monoisotopic (exact) mass is 390 g/mol. The molecule has 0 saturated carbocycles. The van der Waals surface area contributed by atoms with Crippen molar-refractivity contribution in [3.8, 4) is 11.8 Å². The molecule has 1 aliphatic rings. The highest BCUT2D eigenvalue weighted by molar-refractivity contribution is 5.14. The van der Waals surface area contributed by atoms with Crippen LogP contribution in [0.3, 0.4) is 0 Å². The predicted molar refractivity (Wildman–Crippen MR) is 109 cm³/mol. The van der Waals surface area contributed by atoms with Crippen LogP contribution in [0.15, 0.2) is 30.3 Å². The summed E-state index contributed by atoms with van der Waals surface area (Å²) in [6, 6.07) is 9.66. The lowest BCUT2D eigenvalue weighted by Gasteiger charge is -2.26. The molecule has 0 aromatic heterocycles. The van der Waals surface area contributed by atoms with E-state index in [1.54, 1.807) is 0 Å². The summed E-state index contributed by atoms with van der Waals surface area (Å²) in [7, 11) is 0. The predicted octanol–water partition coefficient (Wildman–Crippen LogP) is 3.42. The van der Waals surface area contributed by atoms with E-state index < -0.39 is 18.0 Å². The minimum absolute atomic E-state index is 0.281. The first-order chi connectivity index (χ1) is 13.7. The van der Waals surface area contributed by atoms with E-state index in [0.29, 0.717) is 32.7 Å². The van der Waals surface area contributed by atoms with Crippen LogP contribution in [0.1, 0.15) is 57.4 Å². The molecule has 1 aromatic carbocycles. The average Bonchev–Trinajstić information content (AvgIpc) is 3.19. The van der Waals surface area contributed by atoms with Gasteiger partial charge in [0.05, 0.1) is 26.4 Å². The lowest BCUT2D eigenvalue weighted by molar-refractivity contribution is -0.166. The molecule has 0 bridgehead atoms. The second-order valence-electron chi connectivity index (χ2n) is 7.20. The summed E-state index contributed by atoms with van der Waals surface area (Å²) in [5.74, 6) is 5.28. The molecule has 156 valence electrons. The van der Waals surface area contributed by atoms with Crippen LogP contribution >= 0.6 is 0 Å².